The van der Waals surface area contributed by atoms with E-state index in [4.69, 9.17) is 0 Å². The quantitative estimate of drug-likeness (QED) is 0.817. The van der Waals surface area contributed by atoms with Crippen molar-refractivity contribution in [3.05, 3.63) is 59.7 Å². The van der Waals surface area contributed by atoms with Crippen molar-refractivity contribution in [2.75, 3.05) is 11.4 Å². The van der Waals surface area contributed by atoms with Crippen LogP contribution in [0.5, 0.6) is 0 Å². The molecule has 1 saturated heterocycles. The molecule has 2 aliphatic rings. The van der Waals surface area contributed by atoms with E-state index < -0.39 is 16.1 Å². The lowest BCUT2D eigenvalue weighted by atomic mass is 10.1. The van der Waals surface area contributed by atoms with Gasteiger partial charge in [0.2, 0.25) is 15.9 Å². The Balaban J connectivity index is 1.65. The first-order chi connectivity index (χ1) is 12.9. The van der Waals surface area contributed by atoms with Crippen LogP contribution in [0.15, 0.2) is 53.4 Å². The zero-order chi connectivity index (χ0) is 19.2. The first kappa shape index (κ1) is 18.2. The fourth-order valence-electron chi connectivity index (χ4n) is 4.18. The lowest BCUT2D eigenvalue weighted by Gasteiger charge is -2.30. The van der Waals surface area contributed by atoms with Crippen LogP contribution in [0.1, 0.15) is 30.9 Å². The van der Waals surface area contributed by atoms with Gasteiger partial charge in [-0.05, 0) is 56.9 Å². The van der Waals surface area contributed by atoms with Crippen LogP contribution in [0.4, 0.5) is 5.69 Å². The molecule has 0 bridgehead atoms. The maximum atomic E-state index is 13.4. The number of carbonyl (C=O) groups is 1. The topological polar surface area (TPSA) is 57.7 Å². The van der Waals surface area contributed by atoms with Crippen LogP contribution >= 0.6 is 0 Å². The van der Waals surface area contributed by atoms with Gasteiger partial charge in [0.1, 0.15) is 6.04 Å². The number of fused-ring (bicyclic) bond motifs is 1. The standard InChI is InChI=1S/C21H24N2O3S/c1-15-9-11-18(12-10-15)27(25,26)22-13-5-8-20(22)21(24)23-16(2)14-17-6-3-4-7-19(17)23/h3-4,6-7,9-12,16,20H,5,8,13-14H2,1-2H3/t16-,20+/m1/s1. The molecule has 6 heteroatoms. The Labute approximate surface area is 160 Å². The van der Waals surface area contributed by atoms with E-state index in [1.807, 2.05) is 38.1 Å². The molecule has 0 spiro atoms. The molecule has 1 amide bonds. The van der Waals surface area contributed by atoms with E-state index in [0.717, 1.165) is 23.2 Å². The van der Waals surface area contributed by atoms with Crippen molar-refractivity contribution in [1.29, 1.82) is 0 Å². The van der Waals surface area contributed by atoms with Gasteiger partial charge in [-0.15, -0.1) is 0 Å². The average molecular weight is 385 g/mol. The van der Waals surface area contributed by atoms with Crippen LogP contribution in [0, 0.1) is 6.92 Å². The highest BCUT2D eigenvalue weighted by molar-refractivity contribution is 7.89. The molecule has 142 valence electrons. The lowest BCUT2D eigenvalue weighted by Crippen LogP contribution is -2.49. The Morgan fingerprint density at radius 3 is 2.52 bits per heavy atom. The van der Waals surface area contributed by atoms with Gasteiger partial charge >= 0.3 is 0 Å². The lowest BCUT2D eigenvalue weighted by molar-refractivity contribution is -0.121. The molecule has 0 saturated carbocycles. The third-order valence-electron chi connectivity index (χ3n) is 5.56. The highest BCUT2D eigenvalue weighted by Gasteiger charge is 2.43. The van der Waals surface area contributed by atoms with Gasteiger partial charge in [0.25, 0.3) is 0 Å². The number of carbonyl (C=O) groups excluding carboxylic acids is 1. The summed E-state index contributed by atoms with van der Waals surface area (Å²) < 4.78 is 27.7. The SMILES string of the molecule is Cc1ccc(S(=O)(=O)N2CCC[C@H]2C(=O)N2c3ccccc3C[C@H]2C)cc1. The summed E-state index contributed by atoms with van der Waals surface area (Å²) in [5, 5.41) is 0. The van der Waals surface area contributed by atoms with Gasteiger partial charge in [0.15, 0.2) is 0 Å². The van der Waals surface area contributed by atoms with Crippen molar-refractivity contribution in [3.8, 4) is 0 Å². The van der Waals surface area contributed by atoms with E-state index in [0.29, 0.717) is 19.4 Å². The smallest absolute Gasteiger partial charge is 0.245 e. The molecule has 1 fully saturated rings. The third-order valence-corrected chi connectivity index (χ3v) is 7.48. The number of hydrogen-bond donors (Lipinski definition) is 0. The first-order valence-electron chi connectivity index (χ1n) is 9.39. The van der Waals surface area contributed by atoms with Crippen LogP contribution in [0.2, 0.25) is 0 Å². The number of sulfonamides is 1. The zero-order valence-corrected chi connectivity index (χ0v) is 16.4. The molecule has 2 aromatic carbocycles. The summed E-state index contributed by atoms with van der Waals surface area (Å²) in [4.78, 5) is 15.4. The van der Waals surface area contributed by atoms with Crippen molar-refractivity contribution in [2.24, 2.45) is 0 Å². The summed E-state index contributed by atoms with van der Waals surface area (Å²) in [5.74, 6) is -0.111. The highest BCUT2D eigenvalue weighted by atomic mass is 32.2. The van der Waals surface area contributed by atoms with Crippen LogP contribution in [0.25, 0.3) is 0 Å². The minimum Gasteiger partial charge on any atom is -0.308 e. The summed E-state index contributed by atoms with van der Waals surface area (Å²) in [5.41, 5.74) is 3.06. The fraction of sp³-hybridized carbons (Fsp3) is 0.381. The van der Waals surface area contributed by atoms with Gasteiger partial charge in [-0.25, -0.2) is 8.42 Å². The molecule has 4 rings (SSSR count). The second kappa shape index (κ2) is 6.77. The van der Waals surface area contributed by atoms with Crippen molar-refractivity contribution in [1.82, 2.24) is 4.31 Å². The Morgan fingerprint density at radius 2 is 1.78 bits per heavy atom. The number of anilines is 1. The summed E-state index contributed by atoms with van der Waals surface area (Å²) >= 11 is 0. The molecule has 0 radical (unpaired) electrons. The van der Waals surface area contributed by atoms with Crippen molar-refractivity contribution in [2.45, 2.75) is 50.1 Å². The van der Waals surface area contributed by atoms with Crippen LogP contribution in [-0.2, 0) is 21.2 Å². The predicted molar refractivity (Wildman–Crippen MR) is 105 cm³/mol. The molecule has 2 aliphatic heterocycles. The molecule has 5 nitrogen and oxygen atoms in total. The zero-order valence-electron chi connectivity index (χ0n) is 15.6. The number of benzene rings is 2. The number of amides is 1. The van der Waals surface area contributed by atoms with Gasteiger partial charge in [-0.2, -0.15) is 4.31 Å². The van der Waals surface area contributed by atoms with Crippen molar-refractivity contribution in [3.63, 3.8) is 0 Å². The molecule has 2 heterocycles. The third kappa shape index (κ3) is 3.07. The van der Waals surface area contributed by atoms with Crippen LogP contribution < -0.4 is 4.90 Å². The summed E-state index contributed by atoms with van der Waals surface area (Å²) in [6.07, 6.45) is 2.07. The largest absolute Gasteiger partial charge is 0.308 e. The van der Waals surface area contributed by atoms with Gasteiger partial charge in [-0.1, -0.05) is 35.9 Å². The Morgan fingerprint density at radius 1 is 1.07 bits per heavy atom. The van der Waals surface area contributed by atoms with E-state index in [1.54, 1.807) is 29.2 Å². The van der Waals surface area contributed by atoms with Crippen LogP contribution in [0.3, 0.4) is 0 Å². The maximum absolute atomic E-state index is 13.4. The Hall–Kier alpha value is -2.18. The van der Waals surface area contributed by atoms with Gasteiger partial charge < -0.3 is 4.90 Å². The number of para-hydroxylation sites is 1. The Kier molecular flexibility index (Phi) is 4.56. The molecular formula is C21H24N2O3S. The van der Waals surface area contributed by atoms with Crippen molar-refractivity contribution >= 4 is 21.6 Å². The van der Waals surface area contributed by atoms with E-state index in [9.17, 15) is 13.2 Å². The number of rotatable bonds is 3. The molecule has 27 heavy (non-hydrogen) atoms. The number of hydrogen-bond acceptors (Lipinski definition) is 3. The van der Waals surface area contributed by atoms with Gasteiger partial charge in [0.05, 0.1) is 4.90 Å². The molecule has 0 N–H and O–H groups in total. The molecular weight excluding hydrogens is 360 g/mol. The highest BCUT2D eigenvalue weighted by Crippen LogP contribution is 2.35. The molecule has 0 unspecified atom stereocenters. The van der Waals surface area contributed by atoms with Crippen molar-refractivity contribution < 1.29 is 13.2 Å². The summed E-state index contributed by atoms with van der Waals surface area (Å²) in [6, 6.07) is 14.1. The van der Waals surface area contributed by atoms with E-state index >= 15 is 0 Å². The van der Waals surface area contributed by atoms with E-state index in [2.05, 4.69) is 0 Å². The molecule has 2 aromatic rings. The minimum atomic E-state index is -3.69. The predicted octanol–water partition coefficient (Wildman–Crippen LogP) is 3.13. The summed E-state index contributed by atoms with van der Waals surface area (Å²) in [6.45, 7) is 4.33. The Bertz CT molecular complexity index is 969. The molecule has 0 aliphatic carbocycles. The van der Waals surface area contributed by atoms with Crippen LogP contribution in [-0.4, -0.2) is 37.3 Å². The monoisotopic (exact) mass is 384 g/mol. The van der Waals surface area contributed by atoms with E-state index in [-0.39, 0.29) is 16.8 Å². The fourth-order valence-corrected chi connectivity index (χ4v) is 5.83. The summed E-state index contributed by atoms with van der Waals surface area (Å²) in [7, 11) is -3.69. The second-order valence-corrected chi connectivity index (χ2v) is 9.37. The van der Waals surface area contributed by atoms with Gasteiger partial charge in [-0.3, -0.25) is 4.79 Å². The number of aryl methyl sites for hydroxylation is 1. The molecule has 2 atom stereocenters. The normalized spacial score (nSPS) is 22.8. The maximum Gasteiger partial charge on any atom is 0.245 e. The first-order valence-corrected chi connectivity index (χ1v) is 10.8. The van der Waals surface area contributed by atoms with Gasteiger partial charge in [0, 0.05) is 18.3 Å². The second-order valence-electron chi connectivity index (χ2n) is 7.48. The average Bonchev–Trinajstić information content (AvgIpc) is 3.26. The number of nitrogens with zero attached hydrogens (tertiary/aromatic N) is 2. The molecule has 0 aromatic heterocycles. The minimum absolute atomic E-state index is 0.0411. The van der Waals surface area contributed by atoms with E-state index in [1.165, 1.54) is 4.31 Å².